The van der Waals surface area contributed by atoms with Crippen molar-refractivity contribution in [3.05, 3.63) is 89.9 Å². The third-order valence-electron chi connectivity index (χ3n) is 8.78. The molecule has 4 aromatic rings. The maximum absolute atomic E-state index is 13.4. The number of aromatic nitrogens is 3. The number of pyridine rings is 1. The quantitative estimate of drug-likeness (QED) is 0.101. The monoisotopic (exact) mass is 722 g/mol. The van der Waals surface area contributed by atoms with E-state index in [0.717, 1.165) is 40.6 Å². The van der Waals surface area contributed by atoms with Crippen molar-refractivity contribution in [3.8, 4) is 11.5 Å². The molecule has 2 aromatic heterocycles. The molecule has 1 aliphatic rings. The number of amides is 1. The fraction of sp³-hybridized carbons (Fsp3) is 0.375. The van der Waals surface area contributed by atoms with Crippen LogP contribution in [0.1, 0.15) is 55.0 Å². The number of benzene rings is 2. The van der Waals surface area contributed by atoms with Crippen LogP contribution in [-0.4, -0.2) is 85.8 Å². The highest BCUT2D eigenvalue weighted by atomic mass is 16.5. The van der Waals surface area contributed by atoms with E-state index in [1.165, 1.54) is 12.3 Å². The zero-order valence-corrected chi connectivity index (χ0v) is 32.1. The largest absolute Gasteiger partial charge is 0.497 e. The third-order valence-corrected chi connectivity index (χ3v) is 8.78. The molecule has 0 aliphatic carbocycles. The van der Waals surface area contributed by atoms with Gasteiger partial charge in [0.15, 0.2) is 5.82 Å². The summed E-state index contributed by atoms with van der Waals surface area (Å²) in [7, 11) is 7.25. The summed E-state index contributed by atoms with van der Waals surface area (Å²) in [4.78, 5) is 46.8. The first-order valence-corrected chi connectivity index (χ1v) is 17.5. The second kappa shape index (κ2) is 16.3. The van der Waals surface area contributed by atoms with Crippen LogP contribution in [0.2, 0.25) is 0 Å². The Kier molecular flexibility index (Phi) is 11.9. The molecular formula is C40H50N8O5. The van der Waals surface area contributed by atoms with Crippen LogP contribution in [0.5, 0.6) is 11.5 Å². The Balaban J connectivity index is 1.59. The second-order valence-corrected chi connectivity index (χ2v) is 14.1. The number of fused-ring (bicyclic) bond motifs is 1. The summed E-state index contributed by atoms with van der Waals surface area (Å²) in [6.45, 7) is 15.9. The van der Waals surface area contributed by atoms with Crippen LogP contribution in [0.3, 0.4) is 0 Å². The summed E-state index contributed by atoms with van der Waals surface area (Å²) in [5, 5.41) is 6.29. The van der Waals surface area contributed by atoms with Gasteiger partial charge in [0.1, 0.15) is 17.1 Å². The van der Waals surface area contributed by atoms with Gasteiger partial charge in [0.05, 0.1) is 48.8 Å². The van der Waals surface area contributed by atoms with E-state index in [9.17, 15) is 9.59 Å². The molecule has 3 heterocycles. The van der Waals surface area contributed by atoms with Gasteiger partial charge in [0.2, 0.25) is 11.9 Å². The maximum atomic E-state index is 13.4. The fourth-order valence-electron chi connectivity index (χ4n) is 6.13. The maximum Gasteiger partial charge on any atom is 0.343 e. The number of rotatable bonds is 15. The second-order valence-electron chi connectivity index (χ2n) is 14.1. The smallest absolute Gasteiger partial charge is 0.343 e. The average Bonchev–Trinajstić information content (AvgIpc) is 3.39. The molecule has 0 unspecified atom stereocenters. The highest BCUT2D eigenvalue weighted by molar-refractivity contribution is 6.02. The number of nitrogens with zero attached hydrogens (tertiary/aromatic N) is 6. The van der Waals surface area contributed by atoms with Crippen molar-refractivity contribution in [2.75, 3.05) is 68.4 Å². The molecule has 0 spiro atoms. The number of carbonyl (C=O) groups excluding carboxylic acids is 2. The Labute approximate surface area is 312 Å². The van der Waals surface area contributed by atoms with E-state index in [2.05, 4.69) is 45.8 Å². The topological polar surface area (TPSA) is 134 Å². The number of likely N-dealkylation sites (N-methyl/N-ethyl adjacent to an activating group) is 1. The molecule has 2 aromatic carbocycles. The molecule has 2 N–H and O–H groups in total. The normalized spacial score (nSPS) is 13.1. The van der Waals surface area contributed by atoms with E-state index in [1.54, 1.807) is 34.1 Å². The van der Waals surface area contributed by atoms with Crippen molar-refractivity contribution in [3.63, 3.8) is 0 Å². The number of esters is 1. The molecule has 1 amide bonds. The molecule has 0 atom stereocenters. The standard InChI is InChI=1S/C40H50N8O5/c1-11-35(49)43-30-20-31(34(52-10)21-33(30)47(19-18-46(7)8)23-27-13-15-28(51-9)16-14-27)44-39-41-22-29(38(50)53-25(2)3)37(45-39)48-24-40(5,6)36-32(48)17-12-26(4)42-36/h11-17,20-22,25H,1,18-19,23-24H2,2-10H3,(H,43,49)(H,41,44,45). The lowest BCUT2D eigenvalue weighted by Crippen LogP contribution is -2.32. The molecule has 53 heavy (non-hydrogen) atoms. The van der Waals surface area contributed by atoms with Gasteiger partial charge in [-0.15, -0.1) is 0 Å². The first kappa shape index (κ1) is 38.5. The number of aryl methyl sites for hydroxylation is 1. The lowest BCUT2D eigenvalue weighted by Gasteiger charge is -2.30. The van der Waals surface area contributed by atoms with Gasteiger partial charge in [-0.2, -0.15) is 4.98 Å². The van der Waals surface area contributed by atoms with E-state index in [1.807, 2.05) is 68.4 Å². The van der Waals surface area contributed by atoms with E-state index in [-0.39, 0.29) is 28.9 Å². The summed E-state index contributed by atoms with van der Waals surface area (Å²) in [6.07, 6.45) is 2.36. The minimum absolute atomic E-state index is 0.210. The Hall–Kier alpha value is -5.69. The summed E-state index contributed by atoms with van der Waals surface area (Å²) in [6, 6.07) is 15.5. The molecule has 13 heteroatoms. The predicted octanol–water partition coefficient (Wildman–Crippen LogP) is 6.63. The predicted molar refractivity (Wildman–Crippen MR) is 209 cm³/mol. The van der Waals surface area contributed by atoms with Crippen molar-refractivity contribution in [1.82, 2.24) is 19.9 Å². The van der Waals surface area contributed by atoms with Crippen LogP contribution in [0.15, 0.2) is 67.4 Å². The van der Waals surface area contributed by atoms with Crippen LogP contribution >= 0.6 is 0 Å². The Bertz CT molecular complexity index is 1960. The minimum atomic E-state index is -0.529. The number of anilines is 6. The Morgan fingerprint density at radius 1 is 1.02 bits per heavy atom. The average molecular weight is 723 g/mol. The number of methoxy groups -OCH3 is 2. The van der Waals surface area contributed by atoms with E-state index >= 15 is 0 Å². The van der Waals surface area contributed by atoms with E-state index in [0.29, 0.717) is 42.6 Å². The summed E-state index contributed by atoms with van der Waals surface area (Å²) < 4.78 is 16.9. The molecule has 13 nitrogen and oxygen atoms in total. The van der Waals surface area contributed by atoms with Gasteiger partial charge in [-0.25, -0.2) is 9.78 Å². The van der Waals surface area contributed by atoms with Gasteiger partial charge in [-0.1, -0.05) is 32.6 Å². The Morgan fingerprint density at radius 2 is 1.75 bits per heavy atom. The van der Waals surface area contributed by atoms with Crippen molar-refractivity contribution < 1.29 is 23.8 Å². The molecule has 1 aliphatic heterocycles. The zero-order chi connectivity index (χ0) is 38.4. The molecule has 280 valence electrons. The highest BCUT2D eigenvalue weighted by Gasteiger charge is 2.40. The lowest BCUT2D eigenvalue weighted by atomic mass is 9.91. The zero-order valence-electron chi connectivity index (χ0n) is 32.1. The van der Waals surface area contributed by atoms with E-state index < -0.39 is 5.97 Å². The summed E-state index contributed by atoms with van der Waals surface area (Å²) >= 11 is 0. The van der Waals surface area contributed by atoms with Crippen LogP contribution < -0.4 is 29.9 Å². The van der Waals surface area contributed by atoms with Crippen LogP contribution in [-0.2, 0) is 21.5 Å². The highest BCUT2D eigenvalue weighted by Crippen LogP contribution is 2.44. The molecule has 0 saturated heterocycles. The van der Waals surface area contributed by atoms with Crippen LogP contribution in [0, 0.1) is 6.92 Å². The minimum Gasteiger partial charge on any atom is -0.497 e. The number of ether oxygens (including phenoxy) is 3. The van der Waals surface area contributed by atoms with Gasteiger partial charge < -0.3 is 39.5 Å². The number of nitrogens with one attached hydrogen (secondary N) is 2. The summed E-state index contributed by atoms with van der Waals surface area (Å²) in [5.74, 6) is 0.952. The molecular weight excluding hydrogens is 672 g/mol. The van der Waals surface area contributed by atoms with Gasteiger partial charge in [0.25, 0.3) is 0 Å². The molecule has 0 saturated carbocycles. The molecule has 0 fully saturated rings. The number of hydrogen-bond acceptors (Lipinski definition) is 12. The molecule has 5 rings (SSSR count). The number of carbonyl (C=O) groups is 2. The van der Waals surface area contributed by atoms with Gasteiger partial charge in [0, 0.05) is 49.6 Å². The van der Waals surface area contributed by atoms with Crippen molar-refractivity contribution >= 4 is 46.4 Å². The van der Waals surface area contributed by atoms with Crippen LogP contribution in [0.4, 0.5) is 34.5 Å². The van der Waals surface area contributed by atoms with Crippen molar-refractivity contribution in [1.29, 1.82) is 0 Å². The van der Waals surface area contributed by atoms with Gasteiger partial charge in [-0.3, -0.25) is 9.78 Å². The summed E-state index contributed by atoms with van der Waals surface area (Å²) in [5.41, 5.74) is 5.41. The molecule has 0 radical (unpaired) electrons. The van der Waals surface area contributed by atoms with Crippen LogP contribution in [0.25, 0.3) is 0 Å². The first-order chi connectivity index (χ1) is 25.2. The first-order valence-electron chi connectivity index (χ1n) is 17.5. The van der Waals surface area contributed by atoms with Crippen molar-refractivity contribution in [2.24, 2.45) is 0 Å². The lowest BCUT2D eigenvalue weighted by molar-refractivity contribution is -0.111. The SMILES string of the molecule is C=CC(=O)Nc1cc(Nc2ncc(C(=O)OC(C)C)c(N3CC(C)(C)c4nc(C)ccc43)n2)c(OC)cc1N(CCN(C)C)Cc1ccc(OC)cc1. The van der Waals surface area contributed by atoms with Crippen molar-refractivity contribution in [2.45, 2.75) is 52.7 Å². The van der Waals surface area contributed by atoms with Gasteiger partial charge in [-0.05, 0) is 76.8 Å². The fourth-order valence-corrected chi connectivity index (χ4v) is 6.13. The number of hydrogen-bond donors (Lipinski definition) is 2. The third kappa shape index (κ3) is 9.04. The van der Waals surface area contributed by atoms with E-state index in [4.69, 9.17) is 24.2 Å². The molecule has 0 bridgehead atoms. The Morgan fingerprint density at radius 3 is 2.40 bits per heavy atom. The van der Waals surface area contributed by atoms with Gasteiger partial charge >= 0.3 is 5.97 Å².